The predicted octanol–water partition coefficient (Wildman–Crippen LogP) is 2.65. The maximum atomic E-state index is 5.50. The Balaban J connectivity index is 2.58. The van der Waals surface area contributed by atoms with Crippen molar-refractivity contribution in [2.45, 2.75) is 39.3 Å². The molecule has 1 aromatic heterocycles. The van der Waals surface area contributed by atoms with E-state index in [1.54, 1.807) is 0 Å². The van der Waals surface area contributed by atoms with E-state index in [9.17, 15) is 0 Å². The molecule has 14 heavy (non-hydrogen) atoms. The lowest BCUT2D eigenvalue weighted by molar-refractivity contribution is 0.400. The molecule has 1 rings (SSSR count). The van der Waals surface area contributed by atoms with Gasteiger partial charge in [-0.25, -0.2) is 0 Å². The number of rotatable bonds is 4. The molecule has 1 N–H and O–H groups in total. The average molecular weight is 191 g/mol. The summed E-state index contributed by atoms with van der Waals surface area (Å²) in [6, 6.07) is 4.24. The van der Waals surface area contributed by atoms with E-state index in [0.717, 1.165) is 17.9 Å². The fourth-order valence-electron chi connectivity index (χ4n) is 1.35. The lowest BCUT2D eigenvalue weighted by atomic mass is 10.2. The highest BCUT2D eigenvalue weighted by atomic mass is 16.3. The molecule has 0 aromatic carbocycles. The molecule has 76 valence electrons. The number of aryl methyl sites for hydroxylation is 1. The zero-order valence-corrected chi connectivity index (χ0v) is 9.00. The topological polar surface area (TPSA) is 25.2 Å². The Morgan fingerprint density at radius 3 is 2.71 bits per heavy atom. The summed E-state index contributed by atoms with van der Waals surface area (Å²) >= 11 is 0. The van der Waals surface area contributed by atoms with Gasteiger partial charge in [-0.2, -0.15) is 0 Å². The van der Waals surface area contributed by atoms with Gasteiger partial charge in [-0.3, -0.25) is 5.32 Å². The molecule has 0 saturated carbocycles. The van der Waals surface area contributed by atoms with E-state index in [0.29, 0.717) is 0 Å². The molecule has 0 bridgehead atoms. The monoisotopic (exact) mass is 191 g/mol. The second kappa shape index (κ2) is 4.88. The van der Waals surface area contributed by atoms with Crippen molar-refractivity contribution in [2.24, 2.45) is 0 Å². The average Bonchev–Trinajstić information content (AvgIpc) is 2.61. The summed E-state index contributed by atoms with van der Waals surface area (Å²) in [5.74, 6) is 4.58. The van der Waals surface area contributed by atoms with Gasteiger partial charge in [-0.1, -0.05) is 12.8 Å². The van der Waals surface area contributed by atoms with Crippen LogP contribution in [-0.4, -0.2) is 6.04 Å². The van der Waals surface area contributed by atoms with Gasteiger partial charge in [0.15, 0.2) is 0 Å². The van der Waals surface area contributed by atoms with Gasteiger partial charge in [0.1, 0.15) is 11.5 Å². The Kier molecular flexibility index (Phi) is 3.79. The summed E-state index contributed by atoms with van der Waals surface area (Å²) in [5, 5.41) is 3.32. The van der Waals surface area contributed by atoms with E-state index in [4.69, 9.17) is 10.8 Å². The molecule has 2 nitrogen and oxygen atoms in total. The van der Waals surface area contributed by atoms with Gasteiger partial charge in [0, 0.05) is 0 Å². The van der Waals surface area contributed by atoms with E-state index in [2.05, 4.69) is 25.1 Å². The van der Waals surface area contributed by atoms with Crippen LogP contribution in [0.15, 0.2) is 16.5 Å². The molecule has 0 saturated heterocycles. The minimum Gasteiger partial charge on any atom is -0.465 e. The number of hydrogen-bond acceptors (Lipinski definition) is 2. The summed E-state index contributed by atoms with van der Waals surface area (Å²) in [6.07, 6.45) is 6.30. The van der Waals surface area contributed by atoms with Gasteiger partial charge in [-0.05, 0) is 32.4 Å². The first-order chi connectivity index (χ1) is 6.67. The second-order valence-corrected chi connectivity index (χ2v) is 3.46. The molecule has 0 fully saturated rings. The maximum absolute atomic E-state index is 5.50. The summed E-state index contributed by atoms with van der Waals surface area (Å²) in [5.41, 5.74) is 0. The van der Waals surface area contributed by atoms with E-state index >= 15 is 0 Å². The standard InChI is InChI=1S/C12H17NO/c1-5-11(6-2)13-10(4)12-8-7-9(3)14-12/h1,7-8,10-11,13H,6H2,2-4H3. The van der Waals surface area contributed by atoms with Gasteiger partial charge in [0.05, 0.1) is 12.1 Å². The Labute approximate surface area is 85.7 Å². The first-order valence-corrected chi connectivity index (χ1v) is 4.96. The largest absolute Gasteiger partial charge is 0.465 e. The van der Waals surface area contributed by atoms with Crippen LogP contribution in [0.4, 0.5) is 0 Å². The molecule has 0 aliphatic heterocycles. The molecule has 2 heteroatoms. The van der Waals surface area contributed by atoms with Crippen molar-refractivity contribution in [3.63, 3.8) is 0 Å². The van der Waals surface area contributed by atoms with Crippen LogP contribution in [0.2, 0.25) is 0 Å². The van der Waals surface area contributed by atoms with Crippen LogP contribution in [-0.2, 0) is 0 Å². The van der Waals surface area contributed by atoms with Crippen molar-refractivity contribution in [1.29, 1.82) is 0 Å². The molecule has 0 aliphatic carbocycles. The highest BCUT2D eigenvalue weighted by Gasteiger charge is 2.12. The van der Waals surface area contributed by atoms with Crippen molar-refractivity contribution < 1.29 is 4.42 Å². The third kappa shape index (κ3) is 2.65. The van der Waals surface area contributed by atoms with Gasteiger partial charge < -0.3 is 4.42 Å². The van der Waals surface area contributed by atoms with Gasteiger partial charge in [-0.15, -0.1) is 6.42 Å². The van der Waals surface area contributed by atoms with Gasteiger partial charge >= 0.3 is 0 Å². The molecule has 1 heterocycles. The molecule has 2 unspecified atom stereocenters. The molecular formula is C12H17NO. The van der Waals surface area contributed by atoms with Crippen LogP contribution in [0.3, 0.4) is 0 Å². The van der Waals surface area contributed by atoms with E-state index in [-0.39, 0.29) is 12.1 Å². The number of furan rings is 1. The van der Waals surface area contributed by atoms with Crippen LogP contribution in [0.5, 0.6) is 0 Å². The summed E-state index contributed by atoms with van der Waals surface area (Å²) in [4.78, 5) is 0. The Bertz CT molecular complexity index is 321. The maximum Gasteiger partial charge on any atom is 0.120 e. The first kappa shape index (κ1) is 10.9. The van der Waals surface area contributed by atoms with Crippen LogP contribution in [0.1, 0.15) is 37.8 Å². The smallest absolute Gasteiger partial charge is 0.120 e. The Hall–Kier alpha value is -1.20. The van der Waals surface area contributed by atoms with Crippen molar-refractivity contribution in [1.82, 2.24) is 5.32 Å². The number of hydrogen-bond donors (Lipinski definition) is 1. The van der Waals surface area contributed by atoms with Crippen molar-refractivity contribution in [3.8, 4) is 12.3 Å². The number of terminal acetylenes is 1. The second-order valence-electron chi connectivity index (χ2n) is 3.46. The van der Waals surface area contributed by atoms with Crippen LogP contribution < -0.4 is 5.32 Å². The molecule has 2 atom stereocenters. The highest BCUT2D eigenvalue weighted by molar-refractivity contribution is 5.10. The fourth-order valence-corrected chi connectivity index (χ4v) is 1.35. The summed E-state index contributed by atoms with van der Waals surface area (Å²) < 4.78 is 5.50. The fraction of sp³-hybridized carbons (Fsp3) is 0.500. The molecule has 0 aliphatic rings. The lowest BCUT2D eigenvalue weighted by Crippen LogP contribution is -2.29. The van der Waals surface area contributed by atoms with Crippen molar-refractivity contribution in [2.75, 3.05) is 0 Å². The SMILES string of the molecule is C#CC(CC)NC(C)c1ccc(C)o1. The Morgan fingerprint density at radius 2 is 2.29 bits per heavy atom. The van der Waals surface area contributed by atoms with Crippen molar-refractivity contribution >= 4 is 0 Å². The zero-order chi connectivity index (χ0) is 10.6. The van der Waals surface area contributed by atoms with Crippen LogP contribution in [0, 0.1) is 19.3 Å². The zero-order valence-electron chi connectivity index (χ0n) is 9.00. The first-order valence-electron chi connectivity index (χ1n) is 4.96. The normalized spacial score (nSPS) is 14.7. The summed E-state index contributed by atoms with van der Waals surface area (Å²) in [6.45, 7) is 6.06. The van der Waals surface area contributed by atoms with E-state index in [1.165, 1.54) is 0 Å². The third-order valence-electron chi connectivity index (χ3n) is 2.25. The van der Waals surface area contributed by atoms with Gasteiger partial charge in [0.25, 0.3) is 0 Å². The summed E-state index contributed by atoms with van der Waals surface area (Å²) in [7, 11) is 0. The van der Waals surface area contributed by atoms with Crippen LogP contribution in [0.25, 0.3) is 0 Å². The quantitative estimate of drug-likeness (QED) is 0.740. The van der Waals surface area contributed by atoms with E-state index < -0.39 is 0 Å². The van der Waals surface area contributed by atoms with Crippen LogP contribution >= 0.6 is 0 Å². The number of nitrogens with one attached hydrogen (secondary N) is 1. The lowest BCUT2D eigenvalue weighted by Gasteiger charge is -2.15. The predicted molar refractivity (Wildman–Crippen MR) is 57.9 cm³/mol. The van der Waals surface area contributed by atoms with Gasteiger partial charge in [0.2, 0.25) is 0 Å². The Morgan fingerprint density at radius 1 is 1.57 bits per heavy atom. The van der Waals surface area contributed by atoms with Crippen molar-refractivity contribution in [3.05, 3.63) is 23.7 Å². The minimum absolute atomic E-state index is 0.121. The highest BCUT2D eigenvalue weighted by Crippen LogP contribution is 2.16. The van der Waals surface area contributed by atoms with E-state index in [1.807, 2.05) is 19.1 Å². The minimum atomic E-state index is 0.121. The third-order valence-corrected chi connectivity index (χ3v) is 2.25. The molecule has 1 aromatic rings. The molecule has 0 radical (unpaired) electrons. The molecule has 0 spiro atoms. The molecule has 0 amide bonds. The molecular weight excluding hydrogens is 174 g/mol.